The molecule has 0 saturated heterocycles. The molecule has 11 heteroatoms. The van der Waals surface area contributed by atoms with Crippen LogP contribution in [0.4, 0.5) is 19.1 Å². The Bertz CT molecular complexity index is 1350. The van der Waals surface area contributed by atoms with Gasteiger partial charge in [-0.3, -0.25) is 4.79 Å². The molecule has 2 aliphatic rings. The molecule has 5 rings (SSSR count). The Balaban J connectivity index is 1.60. The van der Waals surface area contributed by atoms with E-state index in [1.54, 1.807) is 30.3 Å². The topological polar surface area (TPSA) is 78.3 Å². The summed E-state index contributed by atoms with van der Waals surface area (Å²) in [5.74, 6) is -0.691. The minimum Gasteiger partial charge on any atom is -0.493 e. The summed E-state index contributed by atoms with van der Waals surface area (Å²) >= 11 is 6.17. The second-order valence-electron chi connectivity index (χ2n) is 8.32. The highest BCUT2D eigenvalue weighted by Crippen LogP contribution is 2.46. The van der Waals surface area contributed by atoms with Crippen LogP contribution in [0.15, 0.2) is 53.7 Å². The van der Waals surface area contributed by atoms with Gasteiger partial charge in [0.1, 0.15) is 6.04 Å². The number of carbonyl (C=O) groups is 1. The summed E-state index contributed by atoms with van der Waals surface area (Å²) in [6.07, 6.45) is -4.18. The number of rotatable bonds is 4. The predicted octanol–water partition coefficient (Wildman–Crippen LogP) is 5.38. The van der Waals surface area contributed by atoms with Crippen LogP contribution in [0.1, 0.15) is 41.8 Å². The first-order valence-corrected chi connectivity index (χ1v) is 11.1. The number of nitrogens with one attached hydrogen (secondary N) is 1. The summed E-state index contributed by atoms with van der Waals surface area (Å²) in [7, 11) is 3.06. The third kappa shape index (κ3) is 4.12. The van der Waals surface area contributed by atoms with Crippen molar-refractivity contribution in [2.45, 2.75) is 31.0 Å². The highest BCUT2D eigenvalue weighted by molar-refractivity contribution is 6.30. The minimum atomic E-state index is -4.74. The van der Waals surface area contributed by atoms with E-state index >= 15 is 0 Å². The summed E-state index contributed by atoms with van der Waals surface area (Å²) in [4.78, 5) is 17.2. The van der Waals surface area contributed by atoms with Crippen molar-refractivity contribution in [2.75, 3.05) is 19.5 Å². The Morgan fingerprint density at radius 3 is 2.51 bits per heavy atom. The molecule has 0 radical (unpaired) electrons. The van der Waals surface area contributed by atoms with Crippen molar-refractivity contribution in [2.24, 2.45) is 0 Å². The predicted molar refractivity (Wildman–Crippen MR) is 122 cm³/mol. The molecule has 0 spiro atoms. The lowest BCUT2D eigenvalue weighted by molar-refractivity contribution is -0.145. The number of methoxy groups -OCH3 is 2. The van der Waals surface area contributed by atoms with Crippen LogP contribution >= 0.6 is 11.6 Å². The summed E-state index contributed by atoms with van der Waals surface area (Å²) in [5, 5.41) is 7.05. The van der Waals surface area contributed by atoms with E-state index in [2.05, 4.69) is 15.4 Å². The zero-order valence-electron chi connectivity index (χ0n) is 18.7. The number of ether oxygens (including phenoxy) is 2. The van der Waals surface area contributed by atoms with Gasteiger partial charge >= 0.3 is 6.18 Å². The van der Waals surface area contributed by atoms with Crippen LogP contribution in [-0.2, 0) is 11.0 Å². The quantitative estimate of drug-likeness (QED) is 0.514. The summed E-state index contributed by atoms with van der Waals surface area (Å²) < 4.78 is 52.1. The zero-order valence-corrected chi connectivity index (χ0v) is 19.4. The maximum absolute atomic E-state index is 13.5. The number of ketones is 1. The third-order valence-corrected chi connectivity index (χ3v) is 6.45. The van der Waals surface area contributed by atoms with E-state index in [0.717, 1.165) is 10.2 Å². The molecule has 1 aliphatic heterocycles. The van der Waals surface area contributed by atoms with Crippen LogP contribution in [0.25, 0.3) is 0 Å². The maximum atomic E-state index is 13.5. The van der Waals surface area contributed by atoms with E-state index in [4.69, 9.17) is 21.1 Å². The molecule has 2 heterocycles. The number of alkyl halides is 3. The average Bonchev–Trinajstić information content (AvgIpc) is 3.26. The fraction of sp³-hybridized carbons (Fsp3) is 0.292. The molecule has 2 aromatic carbocycles. The molecule has 1 aliphatic carbocycles. The van der Waals surface area contributed by atoms with Gasteiger partial charge in [-0.2, -0.15) is 18.2 Å². The number of benzene rings is 2. The SMILES string of the molecule is COc1ccc(C2CC(=O)C3=C(C2)Nc2nc(C(F)(F)F)nn2C3c2cccc(Cl)c2)cc1OC. The molecule has 0 bridgehead atoms. The number of aromatic nitrogens is 3. The van der Waals surface area contributed by atoms with E-state index in [9.17, 15) is 18.0 Å². The number of fused-ring (bicyclic) bond motifs is 1. The average molecular weight is 505 g/mol. The van der Waals surface area contributed by atoms with E-state index in [0.29, 0.717) is 39.8 Å². The van der Waals surface area contributed by atoms with Crippen molar-refractivity contribution >= 4 is 23.3 Å². The highest BCUT2D eigenvalue weighted by Gasteiger charge is 2.43. The van der Waals surface area contributed by atoms with Crippen molar-refractivity contribution in [3.8, 4) is 11.5 Å². The number of carbonyl (C=O) groups excluding carboxylic acids is 1. The fourth-order valence-corrected chi connectivity index (χ4v) is 4.86. The van der Waals surface area contributed by atoms with Gasteiger partial charge in [-0.15, -0.1) is 5.10 Å². The molecule has 182 valence electrons. The molecule has 0 amide bonds. The first-order chi connectivity index (χ1) is 16.7. The molecule has 2 unspecified atom stereocenters. The van der Waals surface area contributed by atoms with Gasteiger partial charge in [-0.05, 0) is 47.7 Å². The Morgan fingerprint density at radius 2 is 1.83 bits per heavy atom. The number of anilines is 1. The number of hydrogen-bond donors (Lipinski definition) is 1. The van der Waals surface area contributed by atoms with Crippen molar-refractivity contribution < 1.29 is 27.4 Å². The zero-order chi connectivity index (χ0) is 24.9. The number of nitrogens with zero attached hydrogens (tertiary/aromatic N) is 3. The fourth-order valence-electron chi connectivity index (χ4n) is 4.66. The Morgan fingerprint density at radius 1 is 1.06 bits per heavy atom. The number of allylic oxidation sites excluding steroid dienone is 2. The highest BCUT2D eigenvalue weighted by atomic mass is 35.5. The van der Waals surface area contributed by atoms with Crippen molar-refractivity contribution in [1.82, 2.24) is 14.8 Å². The number of Topliss-reactive ketones (excluding diaryl/α,β-unsaturated/α-hetero) is 1. The van der Waals surface area contributed by atoms with Gasteiger partial charge < -0.3 is 14.8 Å². The molecule has 35 heavy (non-hydrogen) atoms. The molecule has 2 atom stereocenters. The van der Waals surface area contributed by atoms with Gasteiger partial charge in [0.25, 0.3) is 5.82 Å². The lowest BCUT2D eigenvalue weighted by Gasteiger charge is -2.35. The second kappa shape index (κ2) is 8.60. The van der Waals surface area contributed by atoms with Crippen molar-refractivity contribution in [1.29, 1.82) is 0 Å². The van der Waals surface area contributed by atoms with Crippen molar-refractivity contribution in [3.63, 3.8) is 0 Å². The summed E-state index contributed by atoms with van der Waals surface area (Å²) in [6, 6.07) is 11.2. The van der Waals surface area contributed by atoms with Gasteiger partial charge in [-0.25, -0.2) is 4.68 Å². The lowest BCUT2D eigenvalue weighted by atomic mass is 9.78. The van der Waals surface area contributed by atoms with Crippen LogP contribution in [0, 0.1) is 0 Å². The third-order valence-electron chi connectivity index (χ3n) is 6.22. The first-order valence-electron chi connectivity index (χ1n) is 10.7. The van der Waals surface area contributed by atoms with E-state index in [1.165, 1.54) is 14.2 Å². The second-order valence-corrected chi connectivity index (χ2v) is 8.76. The summed E-state index contributed by atoms with van der Waals surface area (Å²) in [5.41, 5.74) is 2.27. The lowest BCUT2D eigenvalue weighted by Crippen LogP contribution is -2.33. The molecular formula is C24H20ClF3N4O3. The van der Waals surface area contributed by atoms with E-state index in [-0.39, 0.29) is 24.1 Å². The Kier molecular flexibility index (Phi) is 5.71. The molecule has 3 aromatic rings. The molecule has 0 fully saturated rings. The van der Waals surface area contributed by atoms with Crippen molar-refractivity contribution in [3.05, 3.63) is 75.7 Å². The van der Waals surface area contributed by atoms with Gasteiger partial charge in [0.05, 0.1) is 14.2 Å². The number of hydrogen-bond acceptors (Lipinski definition) is 6. The molecule has 0 saturated carbocycles. The monoisotopic (exact) mass is 504 g/mol. The number of halogens is 4. The van der Waals surface area contributed by atoms with E-state index < -0.39 is 18.0 Å². The normalized spacial score (nSPS) is 19.7. The largest absolute Gasteiger partial charge is 0.493 e. The van der Waals surface area contributed by atoms with Gasteiger partial charge in [-0.1, -0.05) is 29.8 Å². The van der Waals surface area contributed by atoms with E-state index in [1.807, 2.05) is 12.1 Å². The molecular weight excluding hydrogens is 485 g/mol. The standard InChI is InChI=1S/C24H20ClF3N4O3/c1-34-18-7-6-12(11-19(18)35-2)14-9-16-20(17(33)10-14)21(13-4-3-5-15(25)8-13)32-23(29-16)30-22(31-32)24(26,27)28/h3-8,11,14,21H,9-10H2,1-2H3,(H,29,30,31). The first kappa shape index (κ1) is 23.2. The van der Waals surface area contributed by atoms with Crippen LogP contribution < -0.4 is 14.8 Å². The molecule has 1 N–H and O–H groups in total. The van der Waals surface area contributed by atoms with Gasteiger partial charge in [0.15, 0.2) is 17.3 Å². The maximum Gasteiger partial charge on any atom is 0.453 e. The van der Waals surface area contributed by atoms with Crippen LogP contribution in [0.3, 0.4) is 0 Å². The van der Waals surface area contributed by atoms with Crippen LogP contribution in [0.5, 0.6) is 11.5 Å². The smallest absolute Gasteiger partial charge is 0.453 e. The van der Waals surface area contributed by atoms with Crippen LogP contribution in [0.2, 0.25) is 5.02 Å². The van der Waals surface area contributed by atoms with Gasteiger partial charge in [0, 0.05) is 22.7 Å². The minimum absolute atomic E-state index is 0.0817. The molecule has 1 aromatic heterocycles. The summed E-state index contributed by atoms with van der Waals surface area (Å²) in [6.45, 7) is 0. The Hall–Kier alpha value is -3.53. The van der Waals surface area contributed by atoms with Crippen LogP contribution in [-0.4, -0.2) is 34.8 Å². The Labute approximate surface area is 203 Å². The molecule has 7 nitrogen and oxygen atoms in total. The van der Waals surface area contributed by atoms with Gasteiger partial charge in [0.2, 0.25) is 5.95 Å².